The summed E-state index contributed by atoms with van der Waals surface area (Å²) in [5, 5.41) is 131. The number of carbonyl (C=O) groups is 1. The van der Waals surface area contributed by atoms with Gasteiger partial charge in [-0.05, 0) is 90.8 Å². The van der Waals surface area contributed by atoms with Crippen LogP contribution in [0.1, 0.15) is 86.0 Å². The lowest BCUT2D eigenvalue weighted by atomic mass is 9.33. The highest BCUT2D eigenvalue weighted by Crippen LogP contribution is 2.76. The van der Waals surface area contributed by atoms with Crippen LogP contribution in [0, 0.1) is 50.2 Å². The first-order valence-electron chi connectivity index (χ1n) is 21.3. The summed E-state index contributed by atoms with van der Waals surface area (Å²) in [6.45, 7) is 8.18. The molecule has 6 fully saturated rings. The van der Waals surface area contributed by atoms with Gasteiger partial charge in [-0.25, -0.2) is 0 Å². The summed E-state index contributed by atoms with van der Waals surface area (Å²) >= 11 is 0. The van der Waals surface area contributed by atoms with Gasteiger partial charge in [0, 0.05) is 5.41 Å². The standard InChI is InChI=1S/C42H68O17/c1-37(2)10-11-42(36(54)55)20(12-37)19-6-7-24-38(3)13-21(46)33(41(17-44,18-45)25(38)8-9-39(24,4)40(19,5)14-26(42)47)59-35-32(53)30(51)28(49)23(58-35)16-56-34-31(52)29(50)27(48)22(15-43)57-34/h6,20-35,43-53H,7-18H2,1-5H3,(H,54,55)/t20-,21+,22+,23+,24+,25+,26-,27+,28+,29-,30-,31+,32+,33-,34+,35-,38+,39-,40+,42+/m1/s1. The first kappa shape index (κ1) is 45.6. The quantitative estimate of drug-likeness (QED) is 0.0956. The average Bonchev–Trinajstić information content (AvgIpc) is 3.17. The van der Waals surface area contributed by atoms with Crippen LogP contribution >= 0.6 is 0 Å². The zero-order valence-electron chi connectivity index (χ0n) is 34.7. The molecule has 0 unspecified atom stereocenters. The Kier molecular flexibility index (Phi) is 12.1. The normalized spacial score (nSPS) is 52.9. The highest BCUT2D eigenvalue weighted by Gasteiger charge is 2.73. The van der Waals surface area contributed by atoms with Crippen molar-refractivity contribution in [2.75, 3.05) is 26.4 Å². The van der Waals surface area contributed by atoms with Gasteiger partial charge >= 0.3 is 5.97 Å². The Hall–Kier alpha value is -1.39. The Balaban J connectivity index is 1.15. The molecule has 5 aliphatic carbocycles. The Morgan fingerprint density at radius 3 is 1.97 bits per heavy atom. The van der Waals surface area contributed by atoms with E-state index in [9.17, 15) is 66.1 Å². The molecule has 20 atom stereocenters. The Bertz CT molecular complexity index is 1590. The molecule has 0 aromatic rings. The van der Waals surface area contributed by atoms with Gasteiger partial charge < -0.3 is 80.2 Å². The predicted octanol–water partition coefficient (Wildman–Crippen LogP) is -1.23. The fourth-order valence-corrected chi connectivity index (χ4v) is 13.8. The van der Waals surface area contributed by atoms with Gasteiger partial charge in [0.2, 0.25) is 0 Å². The van der Waals surface area contributed by atoms with Crippen LogP contribution in [-0.4, -0.2) is 173 Å². The first-order valence-corrected chi connectivity index (χ1v) is 21.3. The van der Waals surface area contributed by atoms with Crippen molar-refractivity contribution in [2.45, 2.75) is 166 Å². The third-order valence-electron chi connectivity index (χ3n) is 17.4. The summed E-state index contributed by atoms with van der Waals surface area (Å²) < 4.78 is 23.2. The van der Waals surface area contributed by atoms with Gasteiger partial charge in [0.05, 0.1) is 44.7 Å². The van der Waals surface area contributed by atoms with E-state index in [0.29, 0.717) is 38.5 Å². The van der Waals surface area contributed by atoms with Crippen LogP contribution in [0.3, 0.4) is 0 Å². The Morgan fingerprint density at radius 2 is 1.36 bits per heavy atom. The number of fused-ring (bicyclic) bond motifs is 7. The number of carboxylic acid groups (broad SMARTS) is 1. The molecule has 338 valence electrons. The van der Waals surface area contributed by atoms with E-state index in [1.807, 2.05) is 0 Å². The van der Waals surface area contributed by atoms with Crippen molar-refractivity contribution in [3.8, 4) is 0 Å². The van der Waals surface area contributed by atoms with Crippen molar-refractivity contribution in [3.05, 3.63) is 11.6 Å². The number of rotatable bonds is 9. The van der Waals surface area contributed by atoms with Gasteiger partial charge in [-0.2, -0.15) is 0 Å². The number of hydrogen-bond acceptors (Lipinski definition) is 16. The van der Waals surface area contributed by atoms with Crippen molar-refractivity contribution in [1.29, 1.82) is 0 Å². The van der Waals surface area contributed by atoms with Crippen molar-refractivity contribution in [1.82, 2.24) is 0 Å². The lowest BCUT2D eigenvalue weighted by molar-refractivity contribution is -0.358. The molecule has 7 aliphatic rings. The number of allylic oxidation sites excluding steroid dienone is 2. The lowest BCUT2D eigenvalue weighted by Crippen LogP contribution is -2.71. The highest BCUT2D eigenvalue weighted by molar-refractivity contribution is 5.77. The second-order valence-corrected chi connectivity index (χ2v) is 20.7. The molecule has 59 heavy (non-hydrogen) atoms. The smallest absolute Gasteiger partial charge is 0.312 e. The third-order valence-corrected chi connectivity index (χ3v) is 17.4. The zero-order valence-corrected chi connectivity index (χ0v) is 34.7. The van der Waals surface area contributed by atoms with Crippen molar-refractivity contribution >= 4 is 5.97 Å². The van der Waals surface area contributed by atoms with E-state index in [2.05, 4.69) is 40.7 Å². The SMILES string of the molecule is CC1(C)CC[C@@]2(C(=O)O)[C@H](O)C[C@@]3(C)C(=CC[C@H]4[C@]5(C)C[C@H](O)[C@@H](O[C@H]6O[C@@H](CO[C@H]7O[C@@H](CO)[C@H](O)[C@@H](O)[C@@H]7O)[C@H](O)[C@@H](O)[C@@H]6O)C(CO)(CO)[C@H]5CC[C@]43C)[C@H]2C1. The lowest BCUT2D eigenvalue weighted by Gasteiger charge is -2.72. The molecule has 7 rings (SSSR count). The van der Waals surface area contributed by atoms with Crippen molar-refractivity contribution < 1.29 is 85.0 Å². The van der Waals surface area contributed by atoms with Gasteiger partial charge in [0.25, 0.3) is 0 Å². The fraction of sp³-hybridized carbons (Fsp3) is 0.929. The maximum Gasteiger partial charge on any atom is 0.312 e. The summed E-state index contributed by atoms with van der Waals surface area (Å²) in [4.78, 5) is 13.1. The molecule has 2 heterocycles. The minimum atomic E-state index is -1.86. The molecule has 17 heteroatoms. The monoisotopic (exact) mass is 844 g/mol. The summed E-state index contributed by atoms with van der Waals surface area (Å²) in [5.41, 5.74) is -3.59. The van der Waals surface area contributed by atoms with Crippen molar-refractivity contribution in [3.63, 3.8) is 0 Å². The fourth-order valence-electron chi connectivity index (χ4n) is 13.8. The molecule has 0 spiro atoms. The summed E-state index contributed by atoms with van der Waals surface area (Å²) in [6, 6.07) is 0. The molecule has 0 radical (unpaired) electrons. The van der Waals surface area contributed by atoms with Crippen LogP contribution in [0.4, 0.5) is 0 Å². The molecule has 4 saturated carbocycles. The van der Waals surface area contributed by atoms with Crippen LogP contribution < -0.4 is 0 Å². The van der Waals surface area contributed by atoms with E-state index in [0.717, 1.165) is 5.57 Å². The zero-order chi connectivity index (χ0) is 43.4. The second kappa shape index (κ2) is 15.7. The van der Waals surface area contributed by atoms with Crippen LogP contribution in [0.2, 0.25) is 0 Å². The van der Waals surface area contributed by atoms with E-state index in [1.165, 1.54) is 0 Å². The van der Waals surface area contributed by atoms with Crippen LogP contribution in [0.5, 0.6) is 0 Å². The Morgan fingerprint density at radius 1 is 0.746 bits per heavy atom. The van der Waals surface area contributed by atoms with Gasteiger partial charge in [-0.1, -0.05) is 46.3 Å². The predicted molar refractivity (Wildman–Crippen MR) is 204 cm³/mol. The van der Waals surface area contributed by atoms with Gasteiger partial charge in [-0.15, -0.1) is 0 Å². The Labute approximate surface area is 344 Å². The second-order valence-electron chi connectivity index (χ2n) is 20.7. The van der Waals surface area contributed by atoms with Gasteiger partial charge in [0.1, 0.15) is 54.2 Å². The number of carboxylic acids is 1. The van der Waals surface area contributed by atoms with E-state index in [4.69, 9.17) is 18.9 Å². The number of aliphatic hydroxyl groups is 11. The van der Waals surface area contributed by atoms with Gasteiger partial charge in [-0.3, -0.25) is 4.79 Å². The van der Waals surface area contributed by atoms with E-state index >= 15 is 0 Å². The van der Waals surface area contributed by atoms with E-state index in [-0.39, 0.29) is 30.1 Å². The van der Waals surface area contributed by atoms with Crippen LogP contribution in [0.15, 0.2) is 11.6 Å². The minimum absolute atomic E-state index is 0.116. The number of aliphatic hydroxyl groups excluding tert-OH is 11. The van der Waals surface area contributed by atoms with Gasteiger partial charge in [0.15, 0.2) is 12.6 Å². The molecule has 2 saturated heterocycles. The van der Waals surface area contributed by atoms with E-state index in [1.54, 1.807) is 0 Å². The van der Waals surface area contributed by atoms with Crippen LogP contribution in [-0.2, 0) is 23.7 Å². The summed E-state index contributed by atoms with van der Waals surface area (Å²) in [5.74, 6) is -1.90. The molecule has 17 nitrogen and oxygen atoms in total. The molecular formula is C42H68O17. The van der Waals surface area contributed by atoms with E-state index < -0.39 is 145 Å². The van der Waals surface area contributed by atoms with Crippen LogP contribution in [0.25, 0.3) is 0 Å². The molecule has 0 bridgehead atoms. The third kappa shape index (κ3) is 6.63. The number of ether oxygens (including phenoxy) is 4. The minimum Gasteiger partial charge on any atom is -0.481 e. The number of aliphatic carboxylic acids is 1. The molecule has 0 amide bonds. The largest absolute Gasteiger partial charge is 0.481 e. The maximum absolute atomic E-state index is 13.1. The van der Waals surface area contributed by atoms with Crippen molar-refractivity contribution in [2.24, 2.45) is 50.2 Å². The summed E-state index contributed by atoms with van der Waals surface area (Å²) in [6.07, 6.45) is -14.4. The molecule has 2 aliphatic heterocycles. The summed E-state index contributed by atoms with van der Waals surface area (Å²) in [7, 11) is 0. The molecule has 12 N–H and O–H groups in total. The highest BCUT2D eigenvalue weighted by atomic mass is 16.7. The number of hydrogen-bond donors (Lipinski definition) is 12. The molecule has 0 aromatic heterocycles. The molecular weight excluding hydrogens is 776 g/mol. The maximum atomic E-state index is 13.1. The average molecular weight is 845 g/mol. The topological polar surface area (TPSA) is 297 Å². The first-order chi connectivity index (χ1) is 27.5. The molecule has 0 aromatic carbocycles.